The minimum absolute atomic E-state index is 0.00447. The fourth-order valence-corrected chi connectivity index (χ4v) is 6.28. The Balaban J connectivity index is 1.25. The smallest absolute Gasteiger partial charge is 0.253 e. The molecule has 0 unspecified atom stereocenters. The molecule has 0 aliphatic carbocycles. The molecule has 234 valence electrons. The summed E-state index contributed by atoms with van der Waals surface area (Å²) in [7, 11) is 0. The highest BCUT2D eigenvalue weighted by atomic mass is 35.5. The molecule has 3 aromatic carbocycles. The lowest BCUT2D eigenvalue weighted by atomic mass is 10.1. The Morgan fingerprint density at radius 2 is 1.70 bits per heavy atom. The number of amides is 1. The van der Waals surface area contributed by atoms with Crippen LogP contribution in [0.1, 0.15) is 48.2 Å². The summed E-state index contributed by atoms with van der Waals surface area (Å²) in [4.78, 5) is 18.2. The molecule has 6 nitrogen and oxygen atoms in total. The number of aryl methyl sites for hydroxylation is 1. The topological polar surface area (TPSA) is 49.7 Å². The van der Waals surface area contributed by atoms with Gasteiger partial charge in [-0.3, -0.25) is 9.69 Å². The molecule has 5 rings (SSSR count). The monoisotopic (exact) mass is 658 g/mol. The van der Waals surface area contributed by atoms with Gasteiger partial charge in [0.2, 0.25) is 0 Å². The summed E-state index contributed by atoms with van der Waals surface area (Å²) >= 11 is 18.5. The van der Waals surface area contributed by atoms with Gasteiger partial charge >= 0.3 is 0 Å². The molecule has 0 saturated carbocycles. The van der Waals surface area contributed by atoms with Crippen molar-refractivity contribution in [3.63, 3.8) is 0 Å². The van der Waals surface area contributed by atoms with Gasteiger partial charge in [-0.1, -0.05) is 59.1 Å². The van der Waals surface area contributed by atoms with E-state index in [9.17, 15) is 9.18 Å². The minimum Gasteiger partial charge on any atom is -0.489 e. The molecule has 44 heavy (non-hydrogen) atoms. The summed E-state index contributed by atoms with van der Waals surface area (Å²) in [6, 6.07) is 16.1. The molecule has 2 heterocycles. The van der Waals surface area contributed by atoms with E-state index in [1.54, 1.807) is 24.3 Å². The van der Waals surface area contributed by atoms with E-state index in [1.165, 1.54) is 6.07 Å². The van der Waals surface area contributed by atoms with E-state index < -0.39 is 0 Å². The number of halogens is 4. The number of para-hydroxylation sites is 1. The third-order valence-corrected chi connectivity index (χ3v) is 9.00. The van der Waals surface area contributed by atoms with Crippen molar-refractivity contribution >= 4 is 51.6 Å². The molecule has 4 aromatic rings. The lowest BCUT2D eigenvalue weighted by molar-refractivity contribution is 0.0952. The van der Waals surface area contributed by atoms with E-state index in [-0.39, 0.29) is 17.8 Å². The first kappa shape index (κ1) is 32.6. The molecule has 0 radical (unpaired) electrons. The van der Waals surface area contributed by atoms with E-state index in [2.05, 4.69) is 19.7 Å². The van der Waals surface area contributed by atoms with Gasteiger partial charge in [0.25, 0.3) is 5.91 Å². The summed E-state index contributed by atoms with van der Waals surface area (Å²) in [5, 5.41) is 5.30. The van der Waals surface area contributed by atoms with E-state index in [1.807, 2.05) is 44.3 Å². The normalized spacial score (nSPS) is 14.7. The van der Waals surface area contributed by atoms with Crippen molar-refractivity contribution in [1.82, 2.24) is 19.7 Å². The van der Waals surface area contributed by atoms with Gasteiger partial charge in [-0.15, -0.1) is 0 Å². The average Bonchev–Trinajstić information content (AvgIpc) is 3.21. The first-order chi connectivity index (χ1) is 21.2. The highest BCUT2D eigenvalue weighted by molar-refractivity contribution is 6.42. The zero-order valence-corrected chi connectivity index (χ0v) is 27.4. The number of carbonyl (C=O) groups is 1. The quantitative estimate of drug-likeness (QED) is 0.177. The van der Waals surface area contributed by atoms with Crippen LogP contribution in [-0.4, -0.2) is 59.1 Å². The Bertz CT molecular complexity index is 1590. The number of carbonyl (C=O) groups excluding carboxylic acids is 1. The number of ether oxygens (including phenoxy) is 1. The Labute approximate surface area is 273 Å². The maximum absolute atomic E-state index is 14.4. The lowest BCUT2D eigenvalue weighted by Gasteiger charge is -2.22. The summed E-state index contributed by atoms with van der Waals surface area (Å²) in [5.41, 5.74) is 2.96. The molecule has 0 bridgehead atoms. The molecular formula is C34H38Cl3FN4O2. The maximum Gasteiger partial charge on any atom is 0.253 e. The third kappa shape index (κ3) is 8.06. The molecule has 1 amide bonds. The predicted octanol–water partition coefficient (Wildman–Crippen LogP) is 8.06. The SMILES string of the molecule is CC(C)Oc1cccc2c(C(=O)NCc3ccc(Cl)c(Cl)c3)cn(CCCN3CCCN(Cc4c(F)cccc4Cl)CC3)c12. The van der Waals surface area contributed by atoms with E-state index in [0.29, 0.717) is 39.3 Å². The number of rotatable bonds is 11. The molecule has 1 N–H and O–H groups in total. The van der Waals surface area contributed by atoms with Crippen LogP contribution in [0.5, 0.6) is 5.75 Å². The second-order valence-corrected chi connectivity index (χ2v) is 12.7. The largest absolute Gasteiger partial charge is 0.489 e. The van der Waals surface area contributed by atoms with Crippen LogP contribution in [-0.2, 0) is 19.6 Å². The van der Waals surface area contributed by atoms with Crippen molar-refractivity contribution in [3.8, 4) is 5.75 Å². The Kier molecular flexibility index (Phi) is 11.1. The predicted molar refractivity (Wildman–Crippen MR) is 178 cm³/mol. The van der Waals surface area contributed by atoms with Crippen LogP contribution >= 0.6 is 34.8 Å². The summed E-state index contributed by atoms with van der Waals surface area (Å²) in [6.45, 7) is 10.1. The van der Waals surface area contributed by atoms with Crippen LogP contribution in [0.4, 0.5) is 4.39 Å². The van der Waals surface area contributed by atoms with Crippen molar-refractivity contribution < 1.29 is 13.9 Å². The molecule has 0 atom stereocenters. The van der Waals surface area contributed by atoms with Gasteiger partial charge in [-0.05, 0) is 82.2 Å². The van der Waals surface area contributed by atoms with Gasteiger partial charge < -0.3 is 19.5 Å². The highest BCUT2D eigenvalue weighted by Gasteiger charge is 2.20. The Morgan fingerprint density at radius 3 is 2.48 bits per heavy atom. The van der Waals surface area contributed by atoms with Gasteiger partial charge in [0, 0.05) is 54.9 Å². The van der Waals surface area contributed by atoms with Crippen LogP contribution in [0, 0.1) is 5.82 Å². The maximum atomic E-state index is 14.4. The molecule has 1 aliphatic heterocycles. The van der Waals surface area contributed by atoms with Crippen molar-refractivity contribution in [2.75, 3.05) is 32.7 Å². The number of benzene rings is 3. The molecule has 1 aliphatic rings. The van der Waals surface area contributed by atoms with Crippen LogP contribution in [0.25, 0.3) is 10.9 Å². The zero-order valence-electron chi connectivity index (χ0n) is 25.1. The summed E-state index contributed by atoms with van der Waals surface area (Å²) in [5.74, 6) is 0.350. The van der Waals surface area contributed by atoms with Crippen LogP contribution in [0.3, 0.4) is 0 Å². The van der Waals surface area contributed by atoms with Crippen LogP contribution < -0.4 is 10.1 Å². The third-order valence-electron chi connectivity index (χ3n) is 7.90. The minimum atomic E-state index is -0.249. The lowest BCUT2D eigenvalue weighted by Crippen LogP contribution is -2.31. The van der Waals surface area contributed by atoms with E-state index >= 15 is 0 Å². The average molecular weight is 660 g/mol. The van der Waals surface area contributed by atoms with Crippen LogP contribution in [0.15, 0.2) is 60.8 Å². The van der Waals surface area contributed by atoms with Crippen molar-refractivity contribution in [1.29, 1.82) is 0 Å². The Hall–Kier alpha value is -2.81. The fraction of sp³-hybridized carbons (Fsp3) is 0.382. The second kappa shape index (κ2) is 15.0. The summed E-state index contributed by atoms with van der Waals surface area (Å²) in [6.07, 6.45) is 3.84. The van der Waals surface area contributed by atoms with Gasteiger partial charge in [0.1, 0.15) is 11.6 Å². The number of hydrogen-bond acceptors (Lipinski definition) is 4. The molecular weight excluding hydrogens is 622 g/mol. The Morgan fingerprint density at radius 1 is 0.932 bits per heavy atom. The van der Waals surface area contributed by atoms with Crippen molar-refractivity contribution in [2.45, 2.75) is 52.4 Å². The first-order valence-corrected chi connectivity index (χ1v) is 16.2. The second-order valence-electron chi connectivity index (χ2n) is 11.5. The number of aromatic nitrogens is 1. The van der Waals surface area contributed by atoms with Crippen LogP contribution in [0.2, 0.25) is 15.1 Å². The van der Waals surface area contributed by atoms with Gasteiger partial charge in [0.15, 0.2) is 0 Å². The van der Waals surface area contributed by atoms with Crippen molar-refractivity contribution in [2.24, 2.45) is 0 Å². The zero-order chi connectivity index (χ0) is 31.2. The first-order valence-electron chi connectivity index (χ1n) is 15.1. The van der Waals surface area contributed by atoms with E-state index in [0.717, 1.165) is 74.3 Å². The van der Waals surface area contributed by atoms with Crippen molar-refractivity contribution in [3.05, 3.63) is 98.4 Å². The van der Waals surface area contributed by atoms with Gasteiger partial charge in [0.05, 0.1) is 27.2 Å². The number of fused-ring (bicyclic) bond motifs is 1. The fourth-order valence-electron chi connectivity index (χ4n) is 5.74. The molecule has 1 saturated heterocycles. The van der Waals surface area contributed by atoms with Gasteiger partial charge in [-0.2, -0.15) is 0 Å². The van der Waals surface area contributed by atoms with E-state index in [4.69, 9.17) is 39.5 Å². The summed E-state index contributed by atoms with van der Waals surface area (Å²) < 4.78 is 22.7. The molecule has 1 aromatic heterocycles. The molecule has 1 fully saturated rings. The number of nitrogens with zero attached hydrogens (tertiary/aromatic N) is 3. The molecule has 10 heteroatoms. The van der Waals surface area contributed by atoms with Gasteiger partial charge in [-0.25, -0.2) is 4.39 Å². The highest BCUT2D eigenvalue weighted by Crippen LogP contribution is 2.31. The number of nitrogens with one attached hydrogen (secondary N) is 1. The standard InChI is InChI=1S/C34H38Cl3FN4O2/c1-23(2)44-32-10-3-7-25-26(34(43)39-20-24-11-12-29(36)30(37)19-24)22-42(33(25)32)16-6-14-40-13-5-15-41(18-17-40)21-27-28(35)8-4-9-31(27)38/h3-4,7-12,19,22-23H,5-6,13-18,20-21H2,1-2H3,(H,39,43). The number of hydrogen-bond donors (Lipinski definition) is 1. The molecule has 0 spiro atoms.